The number of nitrogens with zero attached hydrogens (tertiary/aromatic N) is 1. The Hall–Kier alpha value is -1.28. The molecular weight excluding hydrogens is 386 g/mol. The predicted octanol–water partition coefficient (Wildman–Crippen LogP) is 4.61. The molecule has 1 aliphatic rings. The Morgan fingerprint density at radius 3 is 2.48 bits per heavy atom. The third-order valence-corrected chi connectivity index (χ3v) is 11.1. The minimum Gasteiger partial charge on any atom is -0.414 e. The van der Waals surface area contributed by atoms with Crippen LogP contribution in [-0.4, -0.2) is 50.3 Å². The lowest BCUT2D eigenvalue weighted by Gasteiger charge is -2.40. The van der Waals surface area contributed by atoms with E-state index in [4.69, 9.17) is 9.16 Å². The van der Waals surface area contributed by atoms with Gasteiger partial charge in [-0.15, -0.1) is 0 Å². The molecule has 4 atom stereocenters. The lowest BCUT2D eigenvalue weighted by atomic mass is 9.80. The number of aliphatic hydroxyl groups is 1. The van der Waals surface area contributed by atoms with Crippen LogP contribution in [0.4, 0.5) is 0 Å². The van der Waals surface area contributed by atoms with Crippen molar-refractivity contribution in [3.63, 3.8) is 0 Å². The van der Waals surface area contributed by atoms with Gasteiger partial charge in [0.05, 0.1) is 24.7 Å². The molecule has 1 fully saturated rings. The van der Waals surface area contributed by atoms with E-state index in [-0.39, 0.29) is 47.2 Å². The second-order valence-corrected chi connectivity index (χ2v) is 14.5. The van der Waals surface area contributed by atoms with Gasteiger partial charge < -0.3 is 14.3 Å². The SMILES string of the molecule is CC(C)(C)[Si](C)(C)OC[C@H]1CCC[C@@H]([C@@H](CO)[C@H](C[N+](=O)[O-])c2ccccc2)O1. The molecule has 7 heteroatoms. The molecular formula is C22H37NO5Si. The van der Waals surface area contributed by atoms with Crippen molar-refractivity contribution in [1.82, 2.24) is 0 Å². The minimum atomic E-state index is -1.86. The second kappa shape index (κ2) is 10.2. The van der Waals surface area contributed by atoms with Gasteiger partial charge in [-0.1, -0.05) is 51.1 Å². The number of benzene rings is 1. The van der Waals surface area contributed by atoms with Crippen molar-refractivity contribution >= 4 is 8.32 Å². The number of hydrogen-bond donors (Lipinski definition) is 1. The zero-order valence-corrected chi connectivity index (χ0v) is 19.5. The van der Waals surface area contributed by atoms with Gasteiger partial charge in [0.2, 0.25) is 6.54 Å². The topological polar surface area (TPSA) is 81.8 Å². The van der Waals surface area contributed by atoms with Crippen LogP contribution in [0.5, 0.6) is 0 Å². The normalized spacial score (nSPS) is 22.8. The summed E-state index contributed by atoms with van der Waals surface area (Å²) in [5, 5.41) is 21.6. The van der Waals surface area contributed by atoms with Crippen molar-refractivity contribution in [2.45, 2.75) is 76.3 Å². The lowest BCUT2D eigenvalue weighted by Crippen LogP contribution is -2.45. The van der Waals surface area contributed by atoms with Gasteiger partial charge in [-0.2, -0.15) is 0 Å². The fraction of sp³-hybridized carbons (Fsp3) is 0.727. The Morgan fingerprint density at radius 1 is 1.28 bits per heavy atom. The van der Waals surface area contributed by atoms with E-state index in [9.17, 15) is 15.2 Å². The molecule has 164 valence electrons. The molecule has 0 aliphatic carbocycles. The zero-order valence-electron chi connectivity index (χ0n) is 18.5. The molecule has 1 aromatic rings. The highest BCUT2D eigenvalue weighted by atomic mass is 28.4. The molecule has 1 N–H and O–H groups in total. The van der Waals surface area contributed by atoms with Crippen molar-refractivity contribution in [3.05, 3.63) is 46.0 Å². The van der Waals surface area contributed by atoms with Crippen LogP contribution in [0.25, 0.3) is 0 Å². The molecule has 0 bridgehead atoms. The quantitative estimate of drug-likeness (QED) is 0.356. The maximum Gasteiger partial charge on any atom is 0.211 e. The van der Waals surface area contributed by atoms with Gasteiger partial charge in [0.25, 0.3) is 0 Å². The van der Waals surface area contributed by atoms with E-state index in [0.29, 0.717) is 6.61 Å². The number of rotatable bonds is 9. The fourth-order valence-corrected chi connectivity index (χ4v) is 4.77. The first-order chi connectivity index (χ1) is 13.5. The first-order valence-corrected chi connectivity index (χ1v) is 13.5. The van der Waals surface area contributed by atoms with E-state index in [1.807, 2.05) is 30.3 Å². The molecule has 0 amide bonds. The fourth-order valence-electron chi connectivity index (χ4n) is 3.74. The molecule has 1 aliphatic heterocycles. The highest BCUT2D eigenvalue weighted by molar-refractivity contribution is 6.74. The predicted molar refractivity (Wildman–Crippen MR) is 117 cm³/mol. The summed E-state index contributed by atoms with van der Waals surface area (Å²) in [4.78, 5) is 11.0. The molecule has 1 saturated heterocycles. The summed E-state index contributed by atoms with van der Waals surface area (Å²) in [5.41, 5.74) is 0.881. The smallest absolute Gasteiger partial charge is 0.211 e. The highest BCUT2D eigenvalue weighted by Crippen LogP contribution is 2.38. The van der Waals surface area contributed by atoms with Crippen LogP contribution < -0.4 is 0 Å². The average Bonchev–Trinajstić information content (AvgIpc) is 2.66. The Bertz CT molecular complexity index is 646. The maximum absolute atomic E-state index is 11.3. The van der Waals surface area contributed by atoms with Crippen LogP contribution >= 0.6 is 0 Å². The van der Waals surface area contributed by atoms with Crippen LogP contribution in [0.15, 0.2) is 30.3 Å². The van der Waals surface area contributed by atoms with Gasteiger partial charge in [-0.05, 0) is 43.0 Å². The van der Waals surface area contributed by atoms with E-state index in [1.165, 1.54) is 0 Å². The van der Waals surface area contributed by atoms with Crippen LogP contribution in [0, 0.1) is 16.0 Å². The number of hydrogen-bond acceptors (Lipinski definition) is 5. The summed E-state index contributed by atoms with van der Waals surface area (Å²) in [6, 6.07) is 9.46. The van der Waals surface area contributed by atoms with Gasteiger partial charge >= 0.3 is 0 Å². The van der Waals surface area contributed by atoms with Crippen molar-refractivity contribution in [2.24, 2.45) is 5.92 Å². The van der Waals surface area contributed by atoms with Crippen molar-refractivity contribution in [1.29, 1.82) is 0 Å². The largest absolute Gasteiger partial charge is 0.414 e. The van der Waals surface area contributed by atoms with Gasteiger partial charge in [0.15, 0.2) is 8.32 Å². The molecule has 0 unspecified atom stereocenters. The van der Waals surface area contributed by atoms with Crippen molar-refractivity contribution in [2.75, 3.05) is 19.8 Å². The molecule has 1 heterocycles. The first-order valence-electron chi connectivity index (χ1n) is 10.6. The van der Waals surface area contributed by atoms with Crippen LogP contribution in [0.2, 0.25) is 18.1 Å². The third kappa shape index (κ3) is 6.60. The summed E-state index contributed by atoms with van der Waals surface area (Å²) in [5.74, 6) is -0.681. The number of nitro groups is 1. The number of aliphatic hydroxyl groups excluding tert-OH is 1. The monoisotopic (exact) mass is 423 g/mol. The Labute approximate surface area is 175 Å². The van der Waals surface area contributed by atoms with E-state index in [2.05, 4.69) is 33.9 Å². The highest BCUT2D eigenvalue weighted by Gasteiger charge is 2.40. The maximum atomic E-state index is 11.3. The Balaban J connectivity index is 2.10. The zero-order chi connectivity index (χ0) is 21.7. The van der Waals surface area contributed by atoms with E-state index in [0.717, 1.165) is 24.8 Å². The molecule has 0 saturated carbocycles. The Morgan fingerprint density at radius 2 is 1.93 bits per heavy atom. The first kappa shape index (κ1) is 24.0. The standard InChI is InChI=1S/C22H37NO5Si/c1-22(2,3)29(4,5)27-16-18-12-9-13-21(28-18)20(15-24)19(14-23(25)26)17-10-7-6-8-11-17/h6-8,10-11,18-21,24H,9,12-16H2,1-5H3/t18-,19-,20+,21+/m1/s1. The molecule has 2 rings (SSSR count). The molecule has 29 heavy (non-hydrogen) atoms. The van der Waals surface area contributed by atoms with Crippen molar-refractivity contribution < 1.29 is 19.2 Å². The lowest BCUT2D eigenvalue weighted by molar-refractivity contribution is -0.485. The van der Waals surface area contributed by atoms with Gasteiger partial charge in [0.1, 0.15) is 0 Å². The van der Waals surface area contributed by atoms with Crippen LogP contribution in [0.1, 0.15) is 51.5 Å². The van der Waals surface area contributed by atoms with E-state index >= 15 is 0 Å². The second-order valence-electron chi connectivity index (χ2n) is 9.68. The summed E-state index contributed by atoms with van der Waals surface area (Å²) in [7, 11) is -1.86. The third-order valence-electron chi connectivity index (χ3n) is 6.60. The van der Waals surface area contributed by atoms with Gasteiger partial charge in [0, 0.05) is 17.4 Å². The average molecular weight is 424 g/mol. The van der Waals surface area contributed by atoms with E-state index in [1.54, 1.807) is 0 Å². The van der Waals surface area contributed by atoms with E-state index < -0.39 is 8.32 Å². The van der Waals surface area contributed by atoms with Gasteiger partial charge in [-0.3, -0.25) is 10.1 Å². The summed E-state index contributed by atoms with van der Waals surface area (Å²) >= 11 is 0. The molecule has 0 spiro atoms. The van der Waals surface area contributed by atoms with Gasteiger partial charge in [-0.25, -0.2) is 0 Å². The molecule has 0 aromatic heterocycles. The summed E-state index contributed by atoms with van der Waals surface area (Å²) in [6.45, 7) is 11.3. The summed E-state index contributed by atoms with van der Waals surface area (Å²) in [6.07, 6.45) is 2.49. The van der Waals surface area contributed by atoms with Crippen molar-refractivity contribution in [3.8, 4) is 0 Å². The van der Waals surface area contributed by atoms with Crippen LogP contribution in [0.3, 0.4) is 0 Å². The van der Waals surface area contributed by atoms with Crippen LogP contribution in [-0.2, 0) is 9.16 Å². The molecule has 6 nitrogen and oxygen atoms in total. The molecule has 1 aromatic carbocycles. The Kier molecular flexibility index (Phi) is 8.40. The summed E-state index contributed by atoms with van der Waals surface area (Å²) < 4.78 is 12.7. The molecule has 0 radical (unpaired) electrons. The minimum absolute atomic E-state index is 0.0241. The number of ether oxygens (including phenoxy) is 1.